The van der Waals surface area contributed by atoms with Crippen LogP contribution in [-0.4, -0.2) is 35.8 Å². The molecule has 0 spiro atoms. The van der Waals surface area contributed by atoms with Crippen molar-refractivity contribution in [3.8, 4) is 5.69 Å². The largest absolute Gasteiger partial charge is 0.343 e. The fraction of sp³-hybridized carbons (Fsp3) is 0.333. The summed E-state index contributed by atoms with van der Waals surface area (Å²) >= 11 is 1.15. The Kier molecular flexibility index (Phi) is 5.88. The number of hydrogen-bond acceptors (Lipinski definition) is 5. The van der Waals surface area contributed by atoms with Crippen LogP contribution in [0.4, 0.5) is 5.69 Å². The number of benzene rings is 1. The second-order valence-corrected chi connectivity index (χ2v) is 7.18. The second-order valence-electron chi connectivity index (χ2n) is 6.24. The third kappa shape index (κ3) is 3.81. The van der Waals surface area contributed by atoms with Crippen molar-refractivity contribution >= 4 is 23.4 Å². The number of aromatic amines is 1. The number of hydrogen-bond donors (Lipinski definition) is 2. The summed E-state index contributed by atoms with van der Waals surface area (Å²) < 4.78 is 4.70. The minimum atomic E-state index is -0.338. The zero-order chi connectivity index (χ0) is 20.3. The van der Waals surface area contributed by atoms with Crippen LogP contribution in [0.5, 0.6) is 0 Å². The molecule has 0 aliphatic carbocycles. The molecule has 1 amide bonds. The fourth-order valence-corrected chi connectivity index (χ4v) is 3.62. The van der Waals surface area contributed by atoms with Gasteiger partial charge >= 0.3 is 5.69 Å². The molecular weight excluding hydrogens is 380 g/mol. The Hall–Kier alpha value is -3.01. The zero-order valence-corrected chi connectivity index (χ0v) is 16.7. The minimum Gasteiger partial charge on any atom is -0.319 e. The molecule has 0 fully saturated rings. The number of carbonyl (C=O) groups is 1. The average Bonchev–Trinajstić information content (AvgIpc) is 3.14. The highest BCUT2D eigenvalue weighted by Gasteiger charge is 2.19. The Morgan fingerprint density at radius 3 is 2.64 bits per heavy atom. The van der Waals surface area contributed by atoms with E-state index in [-0.39, 0.29) is 28.6 Å². The standard InChI is InChI=1S/C18H22N6O3S/c1-4-10-23-17(27)20-21-18(23)28-11-14(25)19-15-12(2)22(3)24(16(15)26)13-8-6-5-7-9-13/h5-9H,4,10-11H2,1-3H3,(H,19,25)(H,20,27). The molecule has 2 N–H and O–H groups in total. The maximum absolute atomic E-state index is 12.8. The summed E-state index contributed by atoms with van der Waals surface area (Å²) in [7, 11) is 1.77. The summed E-state index contributed by atoms with van der Waals surface area (Å²) in [6.45, 7) is 4.26. The van der Waals surface area contributed by atoms with Crippen molar-refractivity contribution in [2.24, 2.45) is 7.05 Å². The number of carbonyl (C=O) groups excluding carboxylic acids is 1. The summed E-state index contributed by atoms with van der Waals surface area (Å²) in [5, 5.41) is 9.49. The fourth-order valence-electron chi connectivity index (χ4n) is 2.85. The number of nitrogens with one attached hydrogen (secondary N) is 2. The van der Waals surface area contributed by atoms with Crippen LogP contribution in [0.2, 0.25) is 0 Å². The molecule has 2 aromatic heterocycles. The number of nitrogens with zero attached hydrogens (tertiary/aromatic N) is 4. The van der Waals surface area contributed by atoms with E-state index < -0.39 is 0 Å². The number of H-pyrrole nitrogens is 1. The average molecular weight is 402 g/mol. The van der Waals surface area contributed by atoms with E-state index in [1.54, 1.807) is 18.7 Å². The highest BCUT2D eigenvalue weighted by atomic mass is 32.2. The molecular formula is C18H22N6O3S. The van der Waals surface area contributed by atoms with Gasteiger partial charge in [-0.2, -0.15) is 0 Å². The van der Waals surface area contributed by atoms with Gasteiger partial charge in [-0.3, -0.25) is 18.8 Å². The predicted molar refractivity (Wildman–Crippen MR) is 108 cm³/mol. The van der Waals surface area contributed by atoms with Crippen molar-refractivity contribution in [2.45, 2.75) is 32.0 Å². The van der Waals surface area contributed by atoms with Crippen molar-refractivity contribution in [1.29, 1.82) is 0 Å². The Balaban J connectivity index is 1.77. The lowest BCUT2D eigenvalue weighted by Gasteiger charge is -2.07. The number of para-hydroxylation sites is 1. The van der Waals surface area contributed by atoms with E-state index >= 15 is 0 Å². The normalized spacial score (nSPS) is 11.0. The SMILES string of the molecule is CCCn1c(SCC(=O)Nc2c(C)n(C)n(-c3ccccc3)c2=O)n[nH]c1=O. The summed E-state index contributed by atoms with van der Waals surface area (Å²) in [6.07, 6.45) is 0.779. The Morgan fingerprint density at radius 1 is 1.25 bits per heavy atom. The maximum atomic E-state index is 12.8. The smallest absolute Gasteiger partial charge is 0.319 e. The molecule has 148 valence electrons. The second kappa shape index (κ2) is 8.34. The molecule has 0 bridgehead atoms. The van der Waals surface area contributed by atoms with Crippen molar-refractivity contribution in [3.63, 3.8) is 0 Å². The first kappa shape index (κ1) is 19.7. The minimum absolute atomic E-state index is 0.0348. The van der Waals surface area contributed by atoms with Crippen LogP contribution in [0, 0.1) is 6.92 Å². The molecule has 0 saturated carbocycles. The monoisotopic (exact) mass is 402 g/mol. The van der Waals surface area contributed by atoms with Crippen molar-refractivity contribution in [1.82, 2.24) is 24.1 Å². The van der Waals surface area contributed by atoms with Gasteiger partial charge in [-0.15, -0.1) is 5.10 Å². The first-order chi connectivity index (χ1) is 13.4. The number of thioether (sulfide) groups is 1. The molecule has 9 nitrogen and oxygen atoms in total. The van der Waals surface area contributed by atoms with Gasteiger partial charge in [0.15, 0.2) is 5.16 Å². The first-order valence-electron chi connectivity index (χ1n) is 8.86. The van der Waals surface area contributed by atoms with Gasteiger partial charge in [-0.05, 0) is 25.5 Å². The molecule has 3 rings (SSSR count). The van der Waals surface area contributed by atoms with E-state index in [1.165, 1.54) is 9.25 Å². The summed E-state index contributed by atoms with van der Waals surface area (Å²) in [6, 6.07) is 9.22. The van der Waals surface area contributed by atoms with Crippen LogP contribution < -0.4 is 16.6 Å². The van der Waals surface area contributed by atoms with Gasteiger partial charge in [0.05, 0.1) is 17.1 Å². The molecule has 28 heavy (non-hydrogen) atoms. The van der Waals surface area contributed by atoms with Crippen LogP contribution in [0.25, 0.3) is 5.69 Å². The van der Waals surface area contributed by atoms with Gasteiger partial charge < -0.3 is 5.32 Å². The molecule has 3 aromatic rings. The highest BCUT2D eigenvalue weighted by Crippen LogP contribution is 2.16. The van der Waals surface area contributed by atoms with Crippen LogP contribution in [-0.2, 0) is 18.4 Å². The van der Waals surface area contributed by atoms with Crippen molar-refractivity contribution in [2.75, 3.05) is 11.1 Å². The third-order valence-corrected chi connectivity index (χ3v) is 5.30. The van der Waals surface area contributed by atoms with Gasteiger partial charge in [0.1, 0.15) is 5.69 Å². The van der Waals surface area contributed by atoms with Crippen molar-refractivity contribution < 1.29 is 4.79 Å². The summed E-state index contributed by atoms with van der Waals surface area (Å²) in [5.74, 6) is -0.304. The number of aromatic nitrogens is 5. The predicted octanol–water partition coefficient (Wildman–Crippen LogP) is 1.51. The van der Waals surface area contributed by atoms with E-state index in [9.17, 15) is 14.4 Å². The zero-order valence-electron chi connectivity index (χ0n) is 15.9. The van der Waals surface area contributed by atoms with Crippen LogP contribution in [0.3, 0.4) is 0 Å². The lowest BCUT2D eigenvalue weighted by Crippen LogP contribution is -2.24. The van der Waals surface area contributed by atoms with Gasteiger partial charge in [-0.25, -0.2) is 14.6 Å². The topological polar surface area (TPSA) is 107 Å². The summed E-state index contributed by atoms with van der Waals surface area (Å²) in [5.41, 5.74) is 1.01. The van der Waals surface area contributed by atoms with Crippen LogP contribution >= 0.6 is 11.8 Å². The van der Waals surface area contributed by atoms with Gasteiger partial charge in [0.2, 0.25) is 5.91 Å². The Labute approximate surface area is 165 Å². The van der Waals surface area contributed by atoms with E-state index in [2.05, 4.69) is 15.5 Å². The first-order valence-corrected chi connectivity index (χ1v) is 9.84. The number of amides is 1. The molecule has 0 atom stereocenters. The van der Waals surface area contributed by atoms with E-state index in [1.807, 2.05) is 37.3 Å². The molecule has 0 saturated heterocycles. The van der Waals surface area contributed by atoms with Gasteiger partial charge in [0.25, 0.3) is 5.56 Å². The highest BCUT2D eigenvalue weighted by molar-refractivity contribution is 7.99. The Bertz CT molecular complexity index is 1090. The van der Waals surface area contributed by atoms with Crippen molar-refractivity contribution in [3.05, 3.63) is 56.9 Å². The van der Waals surface area contributed by atoms with E-state index in [0.29, 0.717) is 23.1 Å². The lowest BCUT2D eigenvalue weighted by atomic mass is 10.3. The number of rotatable bonds is 7. The van der Waals surface area contributed by atoms with E-state index in [4.69, 9.17) is 0 Å². The molecule has 0 radical (unpaired) electrons. The Morgan fingerprint density at radius 2 is 1.96 bits per heavy atom. The quantitative estimate of drug-likeness (QED) is 0.583. The molecule has 0 aliphatic heterocycles. The summed E-state index contributed by atoms with van der Waals surface area (Å²) in [4.78, 5) is 36.9. The maximum Gasteiger partial charge on any atom is 0.343 e. The number of anilines is 1. The van der Waals surface area contributed by atoms with Crippen LogP contribution in [0.15, 0.2) is 45.1 Å². The third-order valence-electron chi connectivity index (χ3n) is 4.32. The molecule has 0 unspecified atom stereocenters. The lowest BCUT2D eigenvalue weighted by molar-refractivity contribution is -0.113. The molecule has 1 aromatic carbocycles. The molecule has 2 heterocycles. The van der Waals surface area contributed by atoms with Crippen LogP contribution in [0.1, 0.15) is 19.0 Å². The van der Waals surface area contributed by atoms with Gasteiger partial charge in [-0.1, -0.05) is 36.9 Å². The molecule has 10 heteroatoms. The van der Waals surface area contributed by atoms with Gasteiger partial charge in [0, 0.05) is 13.6 Å². The molecule has 0 aliphatic rings. The van der Waals surface area contributed by atoms with E-state index in [0.717, 1.165) is 18.2 Å².